The second kappa shape index (κ2) is 4.11. The Labute approximate surface area is 84.7 Å². The van der Waals surface area contributed by atoms with Crippen LogP contribution in [0.1, 0.15) is 23.1 Å². The average Bonchev–Trinajstić information content (AvgIpc) is 2.27. The normalized spacial score (nSPS) is 20.6. The molecular formula is C12H17NO. The van der Waals surface area contributed by atoms with Gasteiger partial charge in [0.05, 0.1) is 0 Å². The first-order valence-electron chi connectivity index (χ1n) is 5.25. The maximum atomic E-state index is 9.15. The van der Waals surface area contributed by atoms with Crippen molar-refractivity contribution in [2.24, 2.45) is 11.7 Å². The van der Waals surface area contributed by atoms with Gasteiger partial charge >= 0.3 is 0 Å². The van der Waals surface area contributed by atoms with Crippen molar-refractivity contribution in [2.75, 3.05) is 6.61 Å². The van der Waals surface area contributed by atoms with Crippen LogP contribution in [-0.2, 0) is 19.4 Å². The number of aliphatic hydroxyl groups excluding tert-OH is 1. The number of hydrogen-bond donors (Lipinski definition) is 2. The lowest BCUT2D eigenvalue weighted by Crippen LogP contribution is -2.19. The van der Waals surface area contributed by atoms with E-state index in [1.165, 1.54) is 16.7 Å². The second-order valence-corrected chi connectivity index (χ2v) is 4.05. The van der Waals surface area contributed by atoms with Gasteiger partial charge in [0.1, 0.15) is 0 Å². The third-order valence-electron chi connectivity index (χ3n) is 3.16. The van der Waals surface area contributed by atoms with E-state index in [2.05, 4.69) is 18.2 Å². The molecule has 0 amide bonds. The minimum Gasteiger partial charge on any atom is -0.396 e. The highest BCUT2D eigenvalue weighted by Crippen LogP contribution is 2.27. The number of hydrogen-bond acceptors (Lipinski definition) is 2. The summed E-state index contributed by atoms with van der Waals surface area (Å²) in [5.41, 5.74) is 9.77. The number of aliphatic hydroxyl groups is 1. The third-order valence-corrected chi connectivity index (χ3v) is 3.16. The van der Waals surface area contributed by atoms with Crippen LogP contribution in [0, 0.1) is 5.92 Å². The highest BCUT2D eigenvalue weighted by atomic mass is 16.3. The fourth-order valence-corrected chi connectivity index (χ4v) is 2.28. The van der Waals surface area contributed by atoms with Crippen LogP contribution < -0.4 is 5.73 Å². The number of aryl methyl sites for hydroxylation is 1. The van der Waals surface area contributed by atoms with E-state index in [9.17, 15) is 0 Å². The van der Waals surface area contributed by atoms with Crippen LogP contribution in [0.3, 0.4) is 0 Å². The Kier molecular flexibility index (Phi) is 2.85. The summed E-state index contributed by atoms with van der Waals surface area (Å²) >= 11 is 0. The fraction of sp³-hybridized carbons (Fsp3) is 0.500. The molecule has 2 nitrogen and oxygen atoms in total. The number of nitrogens with two attached hydrogens (primary N) is 1. The van der Waals surface area contributed by atoms with Gasteiger partial charge in [0.15, 0.2) is 0 Å². The Hall–Kier alpha value is -0.860. The molecule has 14 heavy (non-hydrogen) atoms. The van der Waals surface area contributed by atoms with Gasteiger partial charge in [-0.1, -0.05) is 18.2 Å². The minimum absolute atomic E-state index is 0.304. The van der Waals surface area contributed by atoms with Crippen molar-refractivity contribution in [3.8, 4) is 0 Å². The molecule has 0 unspecified atom stereocenters. The van der Waals surface area contributed by atoms with Crippen molar-refractivity contribution in [2.45, 2.75) is 25.8 Å². The van der Waals surface area contributed by atoms with Crippen LogP contribution >= 0.6 is 0 Å². The molecule has 2 rings (SSSR count). The van der Waals surface area contributed by atoms with E-state index in [4.69, 9.17) is 10.8 Å². The quantitative estimate of drug-likeness (QED) is 0.739. The second-order valence-electron chi connectivity index (χ2n) is 4.05. The standard InChI is InChI=1S/C12H17NO/c13-7-11-3-1-2-10-5-4-9(8-14)6-12(10)11/h1-3,9,14H,4-8,13H2/t9-/m0/s1. The molecule has 0 fully saturated rings. The molecule has 0 heterocycles. The van der Waals surface area contributed by atoms with Gasteiger partial charge in [0.25, 0.3) is 0 Å². The average molecular weight is 191 g/mol. The summed E-state index contributed by atoms with van der Waals surface area (Å²) in [4.78, 5) is 0. The molecule has 0 aliphatic heterocycles. The third kappa shape index (κ3) is 1.68. The van der Waals surface area contributed by atoms with Crippen molar-refractivity contribution < 1.29 is 5.11 Å². The number of rotatable bonds is 2. The van der Waals surface area contributed by atoms with Crippen LogP contribution in [-0.4, -0.2) is 11.7 Å². The van der Waals surface area contributed by atoms with Crippen molar-refractivity contribution >= 4 is 0 Å². The zero-order valence-corrected chi connectivity index (χ0v) is 8.37. The zero-order valence-electron chi connectivity index (χ0n) is 8.37. The molecule has 0 saturated carbocycles. The van der Waals surface area contributed by atoms with E-state index < -0.39 is 0 Å². The molecule has 0 radical (unpaired) electrons. The van der Waals surface area contributed by atoms with E-state index in [1.54, 1.807) is 0 Å². The van der Waals surface area contributed by atoms with E-state index in [1.807, 2.05) is 0 Å². The van der Waals surface area contributed by atoms with Crippen molar-refractivity contribution in [1.29, 1.82) is 0 Å². The van der Waals surface area contributed by atoms with E-state index in [-0.39, 0.29) is 0 Å². The highest BCUT2D eigenvalue weighted by Gasteiger charge is 2.19. The molecule has 1 aromatic carbocycles. The lowest BCUT2D eigenvalue weighted by atomic mass is 9.82. The molecule has 0 bridgehead atoms. The monoisotopic (exact) mass is 191 g/mol. The summed E-state index contributed by atoms with van der Waals surface area (Å²) in [6.45, 7) is 0.916. The zero-order chi connectivity index (χ0) is 9.97. The van der Waals surface area contributed by atoms with E-state index in [0.717, 1.165) is 19.3 Å². The van der Waals surface area contributed by atoms with Gasteiger partial charge in [-0.2, -0.15) is 0 Å². The van der Waals surface area contributed by atoms with Gasteiger partial charge in [-0.05, 0) is 41.9 Å². The molecule has 1 aliphatic rings. The van der Waals surface area contributed by atoms with Crippen LogP contribution in [0.15, 0.2) is 18.2 Å². The predicted octanol–water partition coefficient (Wildman–Crippen LogP) is 1.24. The van der Waals surface area contributed by atoms with Crippen LogP contribution in [0.25, 0.3) is 0 Å². The van der Waals surface area contributed by atoms with Gasteiger partial charge in [0.2, 0.25) is 0 Å². The van der Waals surface area contributed by atoms with Gasteiger partial charge in [-0.15, -0.1) is 0 Å². The Morgan fingerprint density at radius 1 is 1.43 bits per heavy atom. The summed E-state index contributed by atoms with van der Waals surface area (Å²) in [5.74, 6) is 0.440. The maximum absolute atomic E-state index is 9.15. The first-order valence-corrected chi connectivity index (χ1v) is 5.25. The molecule has 1 aromatic rings. The van der Waals surface area contributed by atoms with E-state index in [0.29, 0.717) is 19.1 Å². The lowest BCUT2D eigenvalue weighted by Gasteiger charge is -2.24. The molecule has 1 aliphatic carbocycles. The van der Waals surface area contributed by atoms with Crippen molar-refractivity contribution in [3.05, 3.63) is 34.9 Å². The fourth-order valence-electron chi connectivity index (χ4n) is 2.28. The Morgan fingerprint density at radius 3 is 3.00 bits per heavy atom. The topological polar surface area (TPSA) is 46.2 Å². The molecule has 0 aromatic heterocycles. The summed E-state index contributed by atoms with van der Waals surface area (Å²) in [6, 6.07) is 6.36. The molecule has 2 heteroatoms. The number of benzene rings is 1. The smallest absolute Gasteiger partial charge is 0.0462 e. The van der Waals surface area contributed by atoms with E-state index >= 15 is 0 Å². The van der Waals surface area contributed by atoms with Crippen LogP contribution in [0.4, 0.5) is 0 Å². The largest absolute Gasteiger partial charge is 0.396 e. The van der Waals surface area contributed by atoms with Gasteiger partial charge in [0, 0.05) is 13.2 Å². The summed E-state index contributed by atoms with van der Waals surface area (Å²) in [7, 11) is 0. The molecule has 0 saturated heterocycles. The maximum Gasteiger partial charge on any atom is 0.0462 e. The summed E-state index contributed by atoms with van der Waals surface area (Å²) < 4.78 is 0. The molecule has 76 valence electrons. The Morgan fingerprint density at radius 2 is 2.29 bits per heavy atom. The summed E-state index contributed by atoms with van der Waals surface area (Å²) in [6.07, 6.45) is 3.20. The minimum atomic E-state index is 0.304. The first kappa shape index (κ1) is 9.69. The van der Waals surface area contributed by atoms with Gasteiger partial charge in [-0.3, -0.25) is 0 Å². The number of fused-ring (bicyclic) bond motifs is 1. The first-order chi connectivity index (χ1) is 6.85. The molecule has 0 spiro atoms. The predicted molar refractivity (Wildman–Crippen MR) is 56.9 cm³/mol. The molecule has 1 atom stereocenters. The molecule has 3 N–H and O–H groups in total. The SMILES string of the molecule is NCc1cccc2c1C[C@@H](CO)CC2. The highest BCUT2D eigenvalue weighted by molar-refractivity contribution is 5.37. The van der Waals surface area contributed by atoms with Crippen LogP contribution in [0.5, 0.6) is 0 Å². The van der Waals surface area contributed by atoms with Crippen molar-refractivity contribution in [3.63, 3.8) is 0 Å². The summed E-state index contributed by atoms with van der Waals surface area (Å²) in [5, 5.41) is 9.15. The van der Waals surface area contributed by atoms with Gasteiger partial charge in [-0.25, -0.2) is 0 Å². The lowest BCUT2D eigenvalue weighted by molar-refractivity contribution is 0.213. The van der Waals surface area contributed by atoms with Crippen LogP contribution in [0.2, 0.25) is 0 Å². The van der Waals surface area contributed by atoms with Gasteiger partial charge < -0.3 is 10.8 Å². The Balaban J connectivity index is 2.33. The Bertz CT molecular complexity index is 308. The van der Waals surface area contributed by atoms with Crippen molar-refractivity contribution in [1.82, 2.24) is 0 Å². The molecular weight excluding hydrogens is 174 g/mol.